The van der Waals surface area contributed by atoms with Gasteiger partial charge in [0.2, 0.25) is 0 Å². The van der Waals surface area contributed by atoms with E-state index in [0.717, 1.165) is 57.2 Å². The Labute approximate surface area is 188 Å². The minimum atomic E-state index is -0.420. The molecule has 0 amide bonds. The fourth-order valence-corrected chi connectivity index (χ4v) is 5.74. The highest BCUT2D eigenvalue weighted by Crippen LogP contribution is 2.36. The van der Waals surface area contributed by atoms with Gasteiger partial charge < -0.3 is 19.6 Å². The molecule has 0 aromatic carbocycles. The van der Waals surface area contributed by atoms with Crippen molar-refractivity contribution in [3.8, 4) is 0 Å². The minimum absolute atomic E-state index is 0.0776. The van der Waals surface area contributed by atoms with Crippen molar-refractivity contribution in [3.63, 3.8) is 0 Å². The van der Waals surface area contributed by atoms with Crippen LogP contribution in [-0.4, -0.2) is 105 Å². The van der Waals surface area contributed by atoms with E-state index in [-0.39, 0.29) is 12.1 Å². The van der Waals surface area contributed by atoms with Crippen molar-refractivity contribution >= 4 is 17.9 Å². The van der Waals surface area contributed by atoms with Gasteiger partial charge in [-0.2, -0.15) is 10.2 Å². The molecule has 5 aliphatic heterocycles. The first-order chi connectivity index (χ1) is 15.6. The Bertz CT molecular complexity index is 916. The van der Waals surface area contributed by atoms with E-state index in [2.05, 4.69) is 37.9 Å². The van der Waals surface area contributed by atoms with Gasteiger partial charge in [-0.3, -0.25) is 10.00 Å². The number of anilines is 1. The first kappa shape index (κ1) is 20.2. The number of likely N-dealkylation sites (tertiary alicyclic amines) is 1. The summed E-state index contributed by atoms with van der Waals surface area (Å²) in [6.07, 6.45) is 8.44. The molecule has 1 aromatic heterocycles. The van der Waals surface area contributed by atoms with Crippen LogP contribution in [0.5, 0.6) is 0 Å². The highest BCUT2D eigenvalue weighted by molar-refractivity contribution is 5.96. The molecule has 3 fully saturated rings. The van der Waals surface area contributed by atoms with E-state index >= 15 is 0 Å². The lowest BCUT2D eigenvalue weighted by Crippen LogP contribution is -2.56. The largest absolute Gasteiger partial charge is 0.379 e. The number of H-pyrrole nitrogens is 1. The number of aliphatic hydroxyl groups is 1. The van der Waals surface area contributed by atoms with Crippen LogP contribution in [-0.2, 0) is 4.74 Å². The number of hydrogen-bond acceptors (Lipinski definition) is 9. The summed E-state index contributed by atoms with van der Waals surface area (Å²) in [5.74, 6) is 1.89. The maximum absolute atomic E-state index is 10.1. The van der Waals surface area contributed by atoms with Crippen molar-refractivity contribution in [1.82, 2.24) is 24.9 Å². The average molecular weight is 441 g/mol. The molecule has 0 aliphatic carbocycles. The Morgan fingerprint density at radius 1 is 1.19 bits per heavy atom. The minimum Gasteiger partial charge on any atom is -0.379 e. The molecule has 6 heterocycles. The Balaban J connectivity index is 1.32. The van der Waals surface area contributed by atoms with Crippen molar-refractivity contribution in [2.75, 3.05) is 37.7 Å². The number of aromatic amines is 1. The van der Waals surface area contributed by atoms with Gasteiger partial charge in [0.05, 0.1) is 18.1 Å². The van der Waals surface area contributed by atoms with Gasteiger partial charge in [0, 0.05) is 69.0 Å². The molecule has 1 aromatic rings. The Hall–Kier alpha value is -2.43. The van der Waals surface area contributed by atoms with Gasteiger partial charge >= 0.3 is 0 Å². The summed E-state index contributed by atoms with van der Waals surface area (Å²) >= 11 is 0. The molecule has 2 bridgehead atoms. The van der Waals surface area contributed by atoms with E-state index < -0.39 is 6.23 Å². The van der Waals surface area contributed by atoms with Crippen LogP contribution in [0.2, 0.25) is 0 Å². The standard InChI is InChI=1S/C22H32N8O2/c1-14-11-27(15(2)31)7-8-29(14)19-9-21(28-12-16-3-4-17(13-28)32-16)25-22-18(19)10-24-30(22)20-5-6-23-26-20/h5-6,9-10,14-18,22,31H,3-4,7-8,11-13H2,1-2H3,(H,23,26)/t14-,15?,16?,17?,18?,22?/m1/s1. The molecule has 6 rings (SSSR count). The molecule has 5 unspecified atom stereocenters. The third-order valence-corrected chi connectivity index (χ3v) is 7.41. The van der Waals surface area contributed by atoms with Crippen molar-refractivity contribution in [1.29, 1.82) is 0 Å². The lowest BCUT2D eigenvalue weighted by atomic mass is 9.96. The molecule has 10 nitrogen and oxygen atoms in total. The van der Waals surface area contributed by atoms with Gasteiger partial charge in [0.25, 0.3) is 0 Å². The number of aromatic nitrogens is 2. The first-order valence-electron chi connectivity index (χ1n) is 11.8. The van der Waals surface area contributed by atoms with Crippen LogP contribution < -0.4 is 5.01 Å². The van der Waals surface area contributed by atoms with E-state index in [4.69, 9.17) is 14.8 Å². The predicted octanol–water partition coefficient (Wildman–Crippen LogP) is 0.661. The summed E-state index contributed by atoms with van der Waals surface area (Å²) in [6.45, 7) is 8.42. The van der Waals surface area contributed by atoms with E-state index in [1.807, 2.05) is 30.4 Å². The van der Waals surface area contributed by atoms with E-state index in [1.165, 1.54) is 5.70 Å². The number of hydrazone groups is 1. The van der Waals surface area contributed by atoms with Crippen LogP contribution in [0.1, 0.15) is 26.7 Å². The number of hydrogen-bond donors (Lipinski definition) is 2. The Kier molecular flexibility index (Phi) is 4.96. The second-order valence-corrected chi connectivity index (χ2v) is 9.57. The monoisotopic (exact) mass is 440 g/mol. The molecule has 0 spiro atoms. The third kappa shape index (κ3) is 3.41. The number of dihydropyridines is 1. The number of aliphatic hydroxyl groups excluding tert-OH is 1. The van der Waals surface area contributed by atoms with Crippen molar-refractivity contribution in [2.24, 2.45) is 16.0 Å². The molecular weight excluding hydrogens is 408 g/mol. The molecule has 0 radical (unpaired) electrons. The van der Waals surface area contributed by atoms with Crippen LogP contribution in [0.15, 0.2) is 34.1 Å². The second-order valence-electron chi connectivity index (χ2n) is 9.57. The maximum Gasteiger partial charge on any atom is 0.172 e. The highest BCUT2D eigenvalue weighted by Gasteiger charge is 2.43. The summed E-state index contributed by atoms with van der Waals surface area (Å²) in [4.78, 5) is 12.2. The number of morpholine rings is 1. The molecule has 32 heavy (non-hydrogen) atoms. The fraction of sp³-hybridized carbons (Fsp3) is 0.682. The van der Waals surface area contributed by atoms with Crippen molar-refractivity contribution in [3.05, 3.63) is 24.0 Å². The molecule has 0 saturated carbocycles. The number of ether oxygens (including phenoxy) is 1. The van der Waals surface area contributed by atoms with Gasteiger partial charge in [-0.1, -0.05) is 0 Å². The SMILES string of the molecule is CC(O)N1CCN(C2=CC(N3CC4CCC(C3)O4)=NC3C2C=NN3c2cc[nH]n2)[C@H](C)C1. The molecule has 3 saturated heterocycles. The number of nitrogens with one attached hydrogen (secondary N) is 1. The number of aliphatic imine (C=N–C) groups is 1. The molecule has 6 atom stereocenters. The van der Waals surface area contributed by atoms with Gasteiger partial charge in [0.1, 0.15) is 12.1 Å². The summed E-state index contributed by atoms with van der Waals surface area (Å²) in [6, 6.07) is 2.23. The quantitative estimate of drug-likeness (QED) is 0.713. The number of fused-ring (bicyclic) bond motifs is 3. The molecule has 10 heteroatoms. The lowest BCUT2D eigenvalue weighted by molar-refractivity contribution is -0.0248. The predicted molar refractivity (Wildman–Crippen MR) is 121 cm³/mol. The second kappa shape index (κ2) is 7.86. The Morgan fingerprint density at radius 3 is 2.69 bits per heavy atom. The number of nitrogens with zero attached hydrogens (tertiary/aromatic N) is 7. The first-order valence-corrected chi connectivity index (χ1v) is 11.8. The average Bonchev–Trinajstić information content (AvgIpc) is 3.52. The maximum atomic E-state index is 10.1. The number of rotatable bonds is 3. The normalized spacial score (nSPS) is 35.7. The highest BCUT2D eigenvalue weighted by atomic mass is 16.5. The summed E-state index contributed by atoms with van der Waals surface area (Å²) in [5.41, 5.74) is 1.26. The van der Waals surface area contributed by atoms with Gasteiger partial charge in [-0.15, -0.1) is 0 Å². The van der Waals surface area contributed by atoms with Gasteiger partial charge in [0.15, 0.2) is 12.0 Å². The van der Waals surface area contributed by atoms with Gasteiger partial charge in [-0.05, 0) is 26.7 Å². The lowest BCUT2D eigenvalue weighted by Gasteiger charge is -2.46. The zero-order valence-corrected chi connectivity index (χ0v) is 18.7. The van der Waals surface area contributed by atoms with E-state index in [1.54, 1.807) is 0 Å². The molecule has 172 valence electrons. The number of amidine groups is 1. The van der Waals surface area contributed by atoms with E-state index in [9.17, 15) is 5.11 Å². The number of piperazine rings is 1. The van der Waals surface area contributed by atoms with Crippen LogP contribution in [0.4, 0.5) is 5.82 Å². The van der Waals surface area contributed by atoms with E-state index in [0.29, 0.717) is 18.2 Å². The van der Waals surface area contributed by atoms with Crippen molar-refractivity contribution in [2.45, 2.75) is 57.3 Å². The molecule has 2 N–H and O–H groups in total. The van der Waals surface area contributed by atoms with Crippen LogP contribution >= 0.6 is 0 Å². The summed E-state index contributed by atoms with van der Waals surface area (Å²) in [7, 11) is 0. The van der Waals surface area contributed by atoms with Crippen molar-refractivity contribution < 1.29 is 9.84 Å². The smallest absolute Gasteiger partial charge is 0.172 e. The molecular formula is C22H32N8O2. The van der Waals surface area contributed by atoms with Crippen LogP contribution in [0.3, 0.4) is 0 Å². The topological polar surface area (TPSA) is 95.8 Å². The summed E-state index contributed by atoms with van der Waals surface area (Å²) in [5, 5.41) is 24.0. The zero-order valence-electron chi connectivity index (χ0n) is 18.7. The summed E-state index contributed by atoms with van der Waals surface area (Å²) < 4.78 is 6.07. The fourth-order valence-electron chi connectivity index (χ4n) is 5.74. The van der Waals surface area contributed by atoms with Crippen LogP contribution in [0.25, 0.3) is 0 Å². The zero-order chi connectivity index (χ0) is 21.8. The molecule has 5 aliphatic rings. The third-order valence-electron chi connectivity index (χ3n) is 7.41. The Morgan fingerprint density at radius 2 is 2.00 bits per heavy atom. The van der Waals surface area contributed by atoms with Crippen LogP contribution in [0, 0.1) is 5.92 Å². The van der Waals surface area contributed by atoms with Gasteiger partial charge in [-0.25, -0.2) is 10.0 Å².